The van der Waals surface area contributed by atoms with Crippen molar-refractivity contribution in [3.63, 3.8) is 0 Å². The maximum Gasteiger partial charge on any atom is 0.241 e. The summed E-state index contributed by atoms with van der Waals surface area (Å²) in [5.41, 5.74) is 1.28. The van der Waals surface area contributed by atoms with Crippen molar-refractivity contribution in [2.75, 3.05) is 52.8 Å². The third-order valence-electron chi connectivity index (χ3n) is 3.16. The Balaban J connectivity index is 2.80. The van der Waals surface area contributed by atoms with Crippen molar-refractivity contribution in [2.45, 2.75) is 6.54 Å². The van der Waals surface area contributed by atoms with Gasteiger partial charge in [-0.15, -0.1) is 0 Å². The van der Waals surface area contributed by atoms with Crippen molar-refractivity contribution in [3.8, 4) is 0 Å². The number of benzene rings is 1. The normalized spacial score (nSPS) is 10.5. The summed E-state index contributed by atoms with van der Waals surface area (Å²) >= 11 is 0. The minimum Gasteiger partial charge on any atom is -0.383 e. The average Bonchev–Trinajstić information content (AvgIpc) is 2.44. The van der Waals surface area contributed by atoms with Gasteiger partial charge in [-0.25, -0.2) is 4.39 Å². The second-order valence-corrected chi connectivity index (χ2v) is 5.05. The summed E-state index contributed by atoms with van der Waals surface area (Å²) in [7, 11) is 6.82. The van der Waals surface area contributed by atoms with Gasteiger partial charge in [-0.2, -0.15) is 0 Å². The van der Waals surface area contributed by atoms with Crippen LogP contribution >= 0.6 is 0 Å². The molecule has 0 saturated heterocycles. The van der Waals surface area contributed by atoms with Crippen molar-refractivity contribution in [1.29, 1.82) is 0 Å². The molecule has 6 heteroatoms. The molecule has 0 heterocycles. The highest BCUT2D eigenvalue weighted by Gasteiger charge is 2.15. The molecule has 21 heavy (non-hydrogen) atoms. The van der Waals surface area contributed by atoms with Crippen LogP contribution in [0.4, 0.5) is 10.1 Å². The summed E-state index contributed by atoms with van der Waals surface area (Å²) in [6, 6.07) is 4.90. The molecule has 1 amide bonds. The lowest BCUT2D eigenvalue weighted by atomic mass is 10.1. The van der Waals surface area contributed by atoms with Crippen LogP contribution in [0.15, 0.2) is 18.2 Å². The summed E-state index contributed by atoms with van der Waals surface area (Å²) in [6.07, 6.45) is 0. The van der Waals surface area contributed by atoms with Crippen LogP contribution in [-0.4, -0.2) is 58.8 Å². The Morgan fingerprint density at radius 1 is 1.33 bits per heavy atom. The van der Waals surface area contributed by atoms with E-state index in [1.807, 2.05) is 6.07 Å². The number of amides is 1. The van der Waals surface area contributed by atoms with Gasteiger partial charge in [0.2, 0.25) is 5.91 Å². The monoisotopic (exact) mass is 297 g/mol. The number of anilines is 1. The lowest BCUT2D eigenvalue weighted by Gasteiger charge is -2.24. The van der Waals surface area contributed by atoms with Gasteiger partial charge in [-0.1, -0.05) is 6.07 Å². The van der Waals surface area contributed by atoms with Crippen LogP contribution in [0.1, 0.15) is 5.56 Å². The Morgan fingerprint density at radius 3 is 2.67 bits per heavy atom. The number of ether oxygens (including phenoxy) is 1. The minimum atomic E-state index is -0.276. The van der Waals surface area contributed by atoms with Crippen LogP contribution in [0.3, 0.4) is 0 Å². The fraction of sp³-hybridized carbons (Fsp3) is 0.533. The first kappa shape index (κ1) is 17.4. The summed E-state index contributed by atoms with van der Waals surface area (Å²) in [5.74, 6) is -0.304. The van der Waals surface area contributed by atoms with Crippen LogP contribution in [-0.2, 0) is 16.1 Å². The molecule has 0 fully saturated rings. The third-order valence-corrected chi connectivity index (χ3v) is 3.16. The second kappa shape index (κ2) is 8.59. The maximum atomic E-state index is 14.0. The molecule has 118 valence electrons. The summed E-state index contributed by atoms with van der Waals surface area (Å²) in [5, 5.41) is 3.13. The van der Waals surface area contributed by atoms with Gasteiger partial charge < -0.3 is 19.9 Å². The zero-order valence-corrected chi connectivity index (χ0v) is 13.1. The maximum absolute atomic E-state index is 14.0. The van der Waals surface area contributed by atoms with Crippen LogP contribution < -0.4 is 10.2 Å². The molecule has 1 rings (SSSR count). The number of rotatable bonds is 8. The molecule has 0 aliphatic heterocycles. The topological polar surface area (TPSA) is 44.8 Å². The van der Waals surface area contributed by atoms with E-state index in [0.29, 0.717) is 25.3 Å². The largest absolute Gasteiger partial charge is 0.383 e. The summed E-state index contributed by atoms with van der Waals surface area (Å²) in [6.45, 7) is 1.82. The number of carbonyl (C=O) groups is 1. The number of hydrogen-bond donors (Lipinski definition) is 1. The summed E-state index contributed by atoms with van der Waals surface area (Å²) < 4.78 is 19.0. The molecule has 5 nitrogen and oxygen atoms in total. The molecule has 0 saturated carbocycles. The molecule has 1 aromatic rings. The second-order valence-electron chi connectivity index (χ2n) is 5.05. The highest BCUT2D eigenvalue weighted by Crippen LogP contribution is 2.22. The Labute approximate surface area is 125 Å². The number of nitrogens with one attached hydrogen (secondary N) is 1. The fourth-order valence-electron chi connectivity index (χ4n) is 1.90. The van der Waals surface area contributed by atoms with Crippen molar-refractivity contribution in [2.24, 2.45) is 0 Å². The molecule has 0 spiro atoms. The van der Waals surface area contributed by atoms with Gasteiger partial charge in [0.15, 0.2) is 0 Å². The van der Waals surface area contributed by atoms with Gasteiger partial charge in [0.05, 0.1) is 13.2 Å². The predicted octanol–water partition coefficient (Wildman–Crippen LogP) is 1.09. The van der Waals surface area contributed by atoms with E-state index in [1.165, 1.54) is 11.0 Å². The summed E-state index contributed by atoms with van der Waals surface area (Å²) in [4.78, 5) is 15.1. The van der Waals surface area contributed by atoms with E-state index >= 15 is 0 Å². The third kappa shape index (κ3) is 5.32. The Bertz CT molecular complexity index is 466. The van der Waals surface area contributed by atoms with Gasteiger partial charge in [-0.3, -0.25) is 4.79 Å². The number of carbonyl (C=O) groups excluding carboxylic acids is 1. The molecule has 0 aliphatic rings. The molecule has 0 atom stereocenters. The molecule has 0 radical (unpaired) electrons. The molecule has 0 unspecified atom stereocenters. The quantitative estimate of drug-likeness (QED) is 0.730. The average molecular weight is 297 g/mol. The first-order valence-corrected chi connectivity index (χ1v) is 6.85. The van der Waals surface area contributed by atoms with Gasteiger partial charge >= 0.3 is 0 Å². The van der Waals surface area contributed by atoms with Crippen molar-refractivity contribution in [3.05, 3.63) is 29.6 Å². The van der Waals surface area contributed by atoms with Gasteiger partial charge in [-0.05, 0) is 12.1 Å². The molecule has 1 aromatic carbocycles. The molecular formula is C15H24FN3O2. The number of methoxy groups -OCH3 is 1. The van der Waals surface area contributed by atoms with Crippen molar-refractivity contribution >= 4 is 11.6 Å². The number of halogens is 1. The molecular weight excluding hydrogens is 273 g/mol. The van der Waals surface area contributed by atoms with E-state index in [-0.39, 0.29) is 18.3 Å². The Kier molecular flexibility index (Phi) is 7.11. The van der Waals surface area contributed by atoms with Crippen LogP contribution in [0.5, 0.6) is 0 Å². The first-order valence-electron chi connectivity index (χ1n) is 6.85. The van der Waals surface area contributed by atoms with E-state index in [0.717, 1.165) is 5.69 Å². The van der Waals surface area contributed by atoms with Crippen molar-refractivity contribution in [1.82, 2.24) is 10.2 Å². The number of likely N-dealkylation sites (N-methyl/N-ethyl adjacent to an activating group) is 2. The van der Waals surface area contributed by atoms with E-state index in [1.54, 1.807) is 39.2 Å². The van der Waals surface area contributed by atoms with Crippen LogP contribution in [0, 0.1) is 5.82 Å². The first-order chi connectivity index (χ1) is 9.97. The standard InChI is InChI=1S/C15H24FN3O2/c1-18(2)15(20)11-19(3)14-7-5-6-13(16)12(14)10-17-8-9-21-4/h5-7,17H,8-11H2,1-4H3. The molecule has 0 aliphatic carbocycles. The smallest absolute Gasteiger partial charge is 0.241 e. The highest BCUT2D eigenvalue weighted by molar-refractivity contribution is 5.81. The zero-order chi connectivity index (χ0) is 15.8. The Hall–Kier alpha value is -1.66. The molecule has 0 aromatic heterocycles. The Morgan fingerprint density at radius 2 is 2.05 bits per heavy atom. The van der Waals surface area contributed by atoms with E-state index in [2.05, 4.69) is 5.32 Å². The lowest BCUT2D eigenvalue weighted by molar-refractivity contribution is -0.127. The van der Waals surface area contributed by atoms with Gasteiger partial charge in [0, 0.05) is 52.6 Å². The van der Waals surface area contributed by atoms with E-state index in [9.17, 15) is 9.18 Å². The van der Waals surface area contributed by atoms with E-state index < -0.39 is 0 Å². The zero-order valence-electron chi connectivity index (χ0n) is 13.1. The fourth-order valence-corrected chi connectivity index (χ4v) is 1.90. The number of hydrogen-bond acceptors (Lipinski definition) is 4. The van der Waals surface area contributed by atoms with Crippen LogP contribution in [0.25, 0.3) is 0 Å². The lowest BCUT2D eigenvalue weighted by Crippen LogP contribution is -2.35. The van der Waals surface area contributed by atoms with E-state index in [4.69, 9.17) is 4.74 Å². The molecule has 1 N–H and O–H groups in total. The van der Waals surface area contributed by atoms with Gasteiger partial charge in [0.1, 0.15) is 5.82 Å². The van der Waals surface area contributed by atoms with Gasteiger partial charge in [0.25, 0.3) is 0 Å². The van der Waals surface area contributed by atoms with Crippen LogP contribution in [0.2, 0.25) is 0 Å². The molecule has 0 bridgehead atoms. The minimum absolute atomic E-state index is 0.0277. The SMILES string of the molecule is COCCNCc1c(F)cccc1N(C)CC(=O)N(C)C. The highest BCUT2D eigenvalue weighted by atomic mass is 19.1. The number of nitrogens with zero attached hydrogens (tertiary/aromatic N) is 2. The van der Waals surface area contributed by atoms with Crippen molar-refractivity contribution < 1.29 is 13.9 Å². The predicted molar refractivity (Wildman–Crippen MR) is 81.9 cm³/mol.